The Kier molecular flexibility index (Phi) is 8.94. The number of amides is 2. The predicted octanol–water partition coefficient (Wildman–Crippen LogP) is 6.06. The van der Waals surface area contributed by atoms with E-state index in [1.54, 1.807) is 0 Å². The number of fused-ring (bicyclic) bond motifs is 1. The van der Waals surface area contributed by atoms with Gasteiger partial charge in [0.2, 0.25) is 5.91 Å². The molecule has 2 aliphatic heterocycles. The summed E-state index contributed by atoms with van der Waals surface area (Å²) in [6, 6.07) is 25.0. The van der Waals surface area contributed by atoms with Crippen molar-refractivity contribution in [1.82, 2.24) is 28.8 Å². The molecule has 2 fully saturated rings. The zero-order valence-electron chi connectivity index (χ0n) is 27.5. The third kappa shape index (κ3) is 6.47. The van der Waals surface area contributed by atoms with Crippen LogP contribution in [0.15, 0.2) is 91.5 Å². The molecule has 242 valence electrons. The van der Waals surface area contributed by atoms with E-state index in [1.807, 2.05) is 40.5 Å². The van der Waals surface area contributed by atoms with Crippen molar-refractivity contribution in [3.05, 3.63) is 108 Å². The highest BCUT2D eigenvalue weighted by atomic mass is 16.2. The van der Waals surface area contributed by atoms with Gasteiger partial charge in [0, 0.05) is 69.7 Å². The van der Waals surface area contributed by atoms with Gasteiger partial charge in [0.25, 0.3) is 5.91 Å². The van der Waals surface area contributed by atoms with Crippen LogP contribution in [0.5, 0.6) is 0 Å². The molecule has 7 rings (SSSR count). The number of piperazine rings is 1. The molecule has 0 atom stereocenters. The van der Waals surface area contributed by atoms with Crippen molar-refractivity contribution in [3.63, 3.8) is 0 Å². The number of benzene rings is 3. The Labute approximate surface area is 277 Å². The molecule has 47 heavy (non-hydrogen) atoms. The molecule has 3 aromatic carbocycles. The number of hydrogen-bond acceptors (Lipinski definition) is 4. The van der Waals surface area contributed by atoms with Gasteiger partial charge in [-0.25, -0.2) is 4.98 Å². The molecule has 0 aliphatic carbocycles. The van der Waals surface area contributed by atoms with E-state index in [1.165, 1.54) is 5.56 Å². The molecule has 2 saturated heterocycles. The third-order valence-corrected chi connectivity index (χ3v) is 10.2. The Balaban J connectivity index is 1.13. The van der Waals surface area contributed by atoms with Gasteiger partial charge in [-0.1, -0.05) is 72.8 Å². The number of rotatable bonds is 8. The maximum Gasteiger partial charge on any atom is 0.256 e. The van der Waals surface area contributed by atoms with Gasteiger partial charge in [-0.2, -0.15) is 0 Å². The number of aromatic nitrogens is 3. The van der Waals surface area contributed by atoms with Crippen LogP contribution >= 0.6 is 0 Å². The van der Waals surface area contributed by atoms with E-state index < -0.39 is 0 Å². The van der Waals surface area contributed by atoms with Crippen molar-refractivity contribution in [2.45, 2.75) is 39.2 Å². The predicted molar refractivity (Wildman–Crippen MR) is 187 cm³/mol. The van der Waals surface area contributed by atoms with Crippen LogP contribution in [0.3, 0.4) is 0 Å². The summed E-state index contributed by atoms with van der Waals surface area (Å²) in [5, 5.41) is 2.29. The topological polar surface area (TPSA) is 66.6 Å². The van der Waals surface area contributed by atoms with Gasteiger partial charge in [-0.05, 0) is 61.1 Å². The van der Waals surface area contributed by atoms with Gasteiger partial charge in [0.1, 0.15) is 5.82 Å². The van der Waals surface area contributed by atoms with Gasteiger partial charge in [-0.15, -0.1) is 0 Å². The highest BCUT2D eigenvalue weighted by Gasteiger charge is 2.29. The van der Waals surface area contributed by atoms with Crippen LogP contribution in [0, 0.1) is 12.8 Å². The highest BCUT2D eigenvalue weighted by molar-refractivity contribution is 6.07. The molecular weight excluding hydrogens is 584 g/mol. The largest absolute Gasteiger partial charge is 0.343 e. The van der Waals surface area contributed by atoms with E-state index in [4.69, 9.17) is 0 Å². The van der Waals surface area contributed by atoms with E-state index in [0.29, 0.717) is 12.3 Å². The summed E-state index contributed by atoms with van der Waals surface area (Å²) in [5.74, 6) is 1.74. The summed E-state index contributed by atoms with van der Waals surface area (Å²) < 4.78 is 4.39. The molecule has 8 heteroatoms. The van der Waals surface area contributed by atoms with Crippen LogP contribution < -0.4 is 0 Å². The van der Waals surface area contributed by atoms with Crippen molar-refractivity contribution >= 4 is 22.6 Å². The normalized spacial score (nSPS) is 16.2. The summed E-state index contributed by atoms with van der Waals surface area (Å²) in [5.41, 5.74) is 4.93. The van der Waals surface area contributed by atoms with Gasteiger partial charge in [-0.3, -0.25) is 9.59 Å². The van der Waals surface area contributed by atoms with Gasteiger partial charge >= 0.3 is 0 Å². The second-order valence-electron chi connectivity index (χ2n) is 13.2. The van der Waals surface area contributed by atoms with Crippen LogP contribution in [-0.4, -0.2) is 86.9 Å². The van der Waals surface area contributed by atoms with Crippen LogP contribution in [0.4, 0.5) is 0 Å². The number of hydrogen-bond donors (Lipinski definition) is 0. The Morgan fingerprint density at radius 1 is 0.809 bits per heavy atom. The third-order valence-electron chi connectivity index (χ3n) is 10.2. The first-order valence-electron chi connectivity index (χ1n) is 17.0. The number of likely N-dealkylation sites (tertiary alicyclic amines) is 1. The molecule has 2 aliphatic rings. The first kappa shape index (κ1) is 30.9. The summed E-state index contributed by atoms with van der Waals surface area (Å²) in [6.45, 7) is 7.66. The number of carbonyl (C=O) groups excluding carboxylic acids is 2. The fourth-order valence-electron chi connectivity index (χ4n) is 7.30. The second-order valence-corrected chi connectivity index (χ2v) is 13.2. The SMILES string of the molecule is Cc1c(C(=O)N2CCN(C)CC2)c(-c2cccc3ccccc23)cn1-c1cncn1CC1CCN(C(=O)CCc2ccccc2)CC1. The number of likely N-dealkylation sites (N-methyl/N-ethyl adjacent to an activating group) is 1. The first-order valence-corrected chi connectivity index (χ1v) is 17.0. The van der Waals surface area contributed by atoms with Crippen LogP contribution in [0.25, 0.3) is 27.7 Å². The molecule has 2 amide bonds. The van der Waals surface area contributed by atoms with Crippen molar-refractivity contribution < 1.29 is 9.59 Å². The minimum Gasteiger partial charge on any atom is -0.343 e. The van der Waals surface area contributed by atoms with Crippen molar-refractivity contribution in [1.29, 1.82) is 0 Å². The van der Waals surface area contributed by atoms with Gasteiger partial charge in [0.15, 0.2) is 0 Å². The molecule has 8 nitrogen and oxygen atoms in total. The standard InChI is InChI=1S/C39H44N6O2/c1-29-38(39(47)43-23-21-41(2)22-24-43)35(34-14-8-12-32-11-6-7-13-33(32)34)27-45(29)36-25-40-28-44(36)26-31-17-19-42(20-18-31)37(46)16-15-30-9-4-3-5-10-30/h3-14,25,27-28,31H,15-24,26H2,1-2H3. The lowest BCUT2D eigenvalue weighted by Gasteiger charge is -2.33. The Bertz CT molecular complexity index is 1850. The van der Waals surface area contributed by atoms with E-state index in [-0.39, 0.29) is 11.8 Å². The highest BCUT2D eigenvalue weighted by Crippen LogP contribution is 2.36. The van der Waals surface area contributed by atoms with E-state index in [0.717, 1.165) is 104 Å². The Morgan fingerprint density at radius 2 is 1.53 bits per heavy atom. The van der Waals surface area contributed by atoms with Crippen molar-refractivity contribution in [2.75, 3.05) is 46.3 Å². The molecule has 0 spiro atoms. The van der Waals surface area contributed by atoms with E-state index >= 15 is 0 Å². The summed E-state index contributed by atoms with van der Waals surface area (Å²) in [6.07, 6.45) is 9.23. The van der Waals surface area contributed by atoms with Gasteiger partial charge in [0.05, 0.1) is 18.1 Å². The average molecular weight is 629 g/mol. The number of piperidine rings is 1. The Hall–Kier alpha value is -4.69. The minimum absolute atomic E-state index is 0.0904. The van der Waals surface area contributed by atoms with E-state index in [2.05, 4.69) is 93.8 Å². The van der Waals surface area contributed by atoms with Crippen molar-refractivity contribution in [3.8, 4) is 16.9 Å². The molecule has 4 heterocycles. The fourth-order valence-corrected chi connectivity index (χ4v) is 7.30. The maximum atomic E-state index is 14.3. The molecule has 2 aromatic heterocycles. The molecule has 0 N–H and O–H groups in total. The summed E-state index contributed by atoms with van der Waals surface area (Å²) in [7, 11) is 2.11. The molecule has 5 aromatic rings. The van der Waals surface area contributed by atoms with Crippen LogP contribution in [0.2, 0.25) is 0 Å². The minimum atomic E-state index is 0.0904. The lowest BCUT2D eigenvalue weighted by atomic mass is 9.96. The molecule has 0 bridgehead atoms. The number of aryl methyl sites for hydroxylation is 1. The molecular formula is C39H44N6O2. The van der Waals surface area contributed by atoms with E-state index in [9.17, 15) is 9.59 Å². The Morgan fingerprint density at radius 3 is 2.32 bits per heavy atom. The maximum absolute atomic E-state index is 14.3. The number of carbonyl (C=O) groups is 2. The lowest BCUT2D eigenvalue weighted by Crippen LogP contribution is -2.47. The first-order chi connectivity index (χ1) is 23.0. The molecule has 0 saturated carbocycles. The summed E-state index contributed by atoms with van der Waals surface area (Å²) >= 11 is 0. The van der Waals surface area contributed by atoms with Crippen LogP contribution in [-0.2, 0) is 17.8 Å². The lowest BCUT2D eigenvalue weighted by molar-refractivity contribution is -0.132. The average Bonchev–Trinajstić information content (AvgIpc) is 3.71. The smallest absolute Gasteiger partial charge is 0.256 e. The molecule has 0 radical (unpaired) electrons. The zero-order valence-corrected chi connectivity index (χ0v) is 27.5. The van der Waals surface area contributed by atoms with Crippen molar-refractivity contribution in [2.24, 2.45) is 5.92 Å². The monoisotopic (exact) mass is 628 g/mol. The fraction of sp³-hybridized carbons (Fsp3) is 0.359. The zero-order chi connectivity index (χ0) is 32.3. The van der Waals surface area contributed by atoms with Gasteiger partial charge < -0.3 is 23.8 Å². The molecule has 0 unspecified atom stereocenters. The summed E-state index contributed by atoms with van der Waals surface area (Å²) in [4.78, 5) is 38.2. The quantitative estimate of drug-likeness (QED) is 0.210. The number of nitrogens with zero attached hydrogens (tertiary/aromatic N) is 6. The van der Waals surface area contributed by atoms with Crippen LogP contribution in [0.1, 0.15) is 40.9 Å². The second kappa shape index (κ2) is 13.6. The number of imidazole rings is 1.